The van der Waals surface area contributed by atoms with Crippen LogP contribution in [0.25, 0.3) is 23.0 Å². The summed E-state index contributed by atoms with van der Waals surface area (Å²) in [5.74, 6) is 1.24. The highest BCUT2D eigenvalue weighted by Gasteiger charge is 2.43. The maximum absolute atomic E-state index is 14.9. The van der Waals surface area contributed by atoms with Gasteiger partial charge in [0.2, 0.25) is 5.82 Å². The second-order valence-electron chi connectivity index (χ2n) is 9.12. The molecule has 0 unspecified atom stereocenters. The summed E-state index contributed by atoms with van der Waals surface area (Å²) in [6, 6.07) is 2.92. The molecule has 0 saturated carbocycles. The molecule has 1 aromatic carbocycles. The second-order valence-corrected chi connectivity index (χ2v) is 9.12. The SMILES string of the molecule is Cc1oc2c3c1CC=C(C(F)(F)F)C3=c1nccnc1=C(NCc1c(F)ccc3c1CCO3)n1cnnc1-2. The monoisotopic (exact) mass is 522 g/mol. The number of fused-ring (bicyclic) bond motifs is 4. The molecule has 2 aliphatic heterocycles. The predicted octanol–water partition coefficient (Wildman–Crippen LogP) is 2.67. The number of halogens is 4. The van der Waals surface area contributed by atoms with Crippen molar-refractivity contribution in [3.63, 3.8) is 0 Å². The van der Waals surface area contributed by atoms with Gasteiger partial charge in [-0.25, -0.2) is 9.37 Å². The lowest BCUT2D eigenvalue weighted by Gasteiger charge is -2.23. The van der Waals surface area contributed by atoms with Crippen LogP contribution in [0.15, 0.2) is 46.9 Å². The van der Waals surface area contributed by atoms with Gasteiger partial charge in [-0.15, -0.1) is 10.2 Å². The quantitative estimate of drug-likeness (QED) is 0.414. The lowest BCUT2D eigenvalue weighted by molar-refractivity contribution is -0.0874. The predicted molar refractivity (Wildman–Crippen MR) is 125 cm³/mol. The van der Waals surface area contributed by atoms with Crippen molar-refractivity contribution in [2.45, 2.75) is 32.5 Å². The Morgan fingerprint density at radius 2 is 1.92 bits per heavy atom. The average Bonchev–Trinajstić information content (AvgIpc) is 3.63. The molecule has 38 heavy (non-hydrogen) atoms. The van der Waals surface area contributed by atoms with Crippen LogP contribution in [0.2, 0.25) is 0 Å². The van der Waals surface area contributed by atoms with Crippen molar-refractivity contribution in [2.75, 3.05) is 6.61 Å². The molecule has 3 aromatic heterocycles. The van der Waals surface area contributed by atoms with E-state index in [-0.39, 0.29) is 52.2 Å². The molecule has 1 N–H and O–H groups in total. The maximum atomic E-state index is 14.9. The summed E-state index contributed by atoms with van der Waals surface area (Å²) >= 11 is 0. The number of alkyl halides is 3. The summed E-state index contributed by atoms with van der Waals surface area (Å²) in [6.07, 6.45) is 1.22. The molecule has 0 fully saturated rings. The Morgan fingerprint density at radius 1 is 1.11 bits per heavy atom. The van der Waals surface area contributed by atoms with Crippen LogP contribution < -0.4 is 20.8 Å². The third-order valence-corrected chi connectivity index (χ3v) is 7.07. The minimum atomic E-state index is -4.65. The Kier molecular flexibility index (Phi) is 4.78. The van der Waals surface area contributed by atoms with Crippen LogP contribution in [0.3, 0.4) is 0 Å². The molecule has 3 aliphatic rings. The second kappa shape index (κ2) is 8.01. The molecule has 12 heteroatoms. The first kappa shape index (κ1) is 22.7. The largest absolute Gasteiger partial charge is 0.493 e. The Hall–Kier alpha value is -4.48. The third kappa shape index (κ3) is 3.22. The van der Waals surface area contributed by atoms with Crippen molar-refractivity contribution >= 4 is 11.4 Å². The number of nitrogens with one attached hydrogen (secondary N) is 1. The number of furan rings is 1. The van der Waals surface area contributed by atoms with Crippen LogP contribution in [0.5, 0.6) is 5.75 Å². The number of aryl methyl sites for hydroxylation is 1. The minimum absolute atomic E-state index is 0.00786. The molecule has 0 bridgehead atoms. The highest BCUT2D eigenvalue weighted by atomic mass is 19.4. The standard InChI is InChI=1S/C26H18F4N6O2/c1-12-13-2-3-16(26(28,29)30)20-19(13)23(38-12)25-35-34-11-36(25)24(22-21(20)31-7-8-32-22)33-10-15-14-6-9-37-18(14)5-4-17(15)27/h3-5,7-8,11,33H,2,6,9-10H2,1H3. The molecule has 0 atom stereocenters. The van der Waals surface area contributed by atoms with E-state index in [0.29, 0.717) is 35.7 Å². The van der Waals surface area contributed by atoms with Gasteiger partial charge in [0, 0.05) is 53.2 Å². The van der Waals surface area contributed by atoms with E-state index in [1.165, 1.54) is 24.8 Å². The highest BCUT2D eigenvalue weighted by molar-refractivity contribution is 5.90. The zero-order valence-corrected chi connectivity index (χ0v) is 19.9. The first-order valence-electron chi connectivity index (χ1n) is 11.9. The third-order valence-electron chi connectivity index (χ3n) is 7.07. The Morgan fingerprint density at radius 3 is 2.74 bits per heavy atom. The lowest BCUT2D eigenvalue weighted by Crippen LogP contribution is -2.43. The van der Waals surface area contributed by atoms with E-state index in [9.17, 15) is 17.6 Å². The summed E-state index contributed by atoms with van der Waals surface area (Å²) < 4.78 is 71.1. The molecule has 1 aliphatic carbocycles. The van der Waals surface area contributed by atoms with Gasteiger partial charge in [0.25, 0.3) is 0 Å². The van der Waals surface area contributed by atoms with Gasteiger partial charge in [-0.2, -0.15) is 13.2 Å². The van der Waals surface area contributed by atoms with Crippen molar-refractivity contribution in [3.05, 3.63) is 87.0 Å². The molecule has 0 amide bonds. The maximum Gasteiger partial charge on any atom is 0.416 e. The summed E-state index contributed by atoms with van der Waals surface area (Å²) in [7, 11) is 0. The number of rotatable bonds is 3. The zero-order chi connectivity index (χ0) is 26.2. The number of ether oxygens (including phenoxy) is 1. The van der Waals surface area contributed by atoms with Crippen molar-refractivity contribution in [1.29, 1.82) is 0 Å². The van der Waals surface area contributed by atoms with Crippen molar-refractivity contribution in [2.24, 2.45) is 0 Å². The van der Waals surface area contributed by atoms with Gasteiger partial charge in [0.05, 0.1) is 12.2 Å². The van der Waals surface area contributed by atoms with Gasteiger partial charge in [-0.05, 0) is 25.5 Å². The van der Waals surface area contributed by atoms with E-state index in [0.717, 1.165) is 11.6 Å². The fourth-order valence-electron chi connectivity index (χ4n) is 5.40. The van der Waals surface area contributed by atoms with E-state index in [1.54, 1.807) is 17.6 Å². The van der Waals surface area contributed by atoms with Gasteiger partial charge in [-0.1, -0.05) is 6.08 Å². The number of nitrogens with zero attached hydrogens (tertiary/aromatic N) is 5. The van der Waals surface area contributed by atoms with Crippen LogP contribution in [0, 0.1) is 12.7 Å². The van der Waals surface area contributed by atoms with Crippen LogP contribution in [-0.2, 0) is 19.4 Å². The van der Waals surface area contributed by atoms with Crippen LogP contribution in [-0.4, -0.2) is 37.5 Å². The highest BCUT2D eigenvalue weighted by Crippen LogP contribution is 2.45. The number of hydrogen-bond acceptors (Lipinski definition) is 7. The summed E-state index contributed by atoms with van der Waals surface area (Å²) in [5.41, 5.74) is 1.06. The van der Waals surface area contributed by atoms with Gasteiger partial charge in [-0.3, -0.25) is 9.55 Å². The van der Waals surface area contributed by atoms with Gasteiger partial charge in [0.1, 0.15) is 40.2 Å². The normalized spacial score (nSPS) is 15.6. The molecule has 8 nitrogen and oxygen atoms in total. The molecular weight excluding hydrogens is 504 g/mol. The zero-order valence-electron chi connectivity index (χ0n) is 19.9. The van der Waals surface area contributed by atoms with Crippen molar-refractivity contribution in [1.82, 2.24) is 30.0 Å². The van der Waals surface area contributed by atoms with E-state index < -0.39 is 17.6 Å². The Bertz CT molecular complexity index is 1800. The molecule has 4 aromatic rings. The van der Waals surface area contributed by atoms with E-state index in [2.05, 4.69) is 25.5 Å². The first-order chi connectivity index (χ1) is 18.3. The minimum Gasteiger partial charge on any atom is -0.493 e. The van der Waals surface area contributed by atoms with E-state index >= 15 is 0 Å². The van der Waals surface area contributed by atoms with E-state index in [1.807, 2.05) is 0 Å². The van der Waals surface area contributed by atoms with Gasteiger partial charge in [0.15, 0.2) is 5.76 Å². The molecule has 0 radical (unpaired) electrons. The fourth-order valence-corrected chi connectivity index (χ4v) is 5.40. The fraction of sp³-hybridized carbons (Fsp3) is 0.231. The molecular formula is C26H18F4N6O2. The summed E-state index contributed by atoms with van der Waals surface area (Å²) in [6.45, 7) is 2.15. The molecule has 192 valence electrons. The van der Waals surface area contributed by atoms with Crippen molar-refractivity contribution in [3.8, 4) is 17.3 Å². The van der Waals surface area contributed by atoms with E-state index in [4.69, 9.17) is 9.15 Å². The molecule has 0 spiro atoms. The molecule has 7 rings (SSSR count). The van der Waals surface area contributed by atoms with Crippen molar-refractivity contribution < 1.29 is 26.7 Å². The topological polar surface area (TPSA) is 90.9 Å². The number of benzene rings is 1. The Balaban J connectivity index is 1.54. The molecule has 0 saturated heterocycles. The molecule has 5 heterocycles. The smallest absolute Gasteiger partial charge is 0.416 e. The van der Waals surface area contributed by atoms with Crippen LogP contribution in [0.4, 0.5) is 17.6 Å². The number of allylic oxidation sites excluding steroid dienone is 2. The van der Waals surface area contributed by atoms with Crippen LogP contribution in [0.1, 0.15) is 28.0 Å². The lowest BCUT2D eigenvalue weighted by atomic mass is 9.85. The van der Waals surface area contributed by atoms with Gasteiger partial charge < -0.3 is 14.5 Å². The number of hydrogen-bond donors (Lipinski definition) is 1. The summed E-state index contributed by atoms with van der Waals surface area (Å²) in [4.78, 5) is 8.80. The van der Waals surface area contributed by atoms with Crippen LogP contribution >= 0.6 is 0 Å². The van der Waals surface area contributed by atoms with Gasteiger partial charge >= 0.3 is 6.18 Å². The first-order valence-corrected chi connectivity index (χ1v) is 11.9. The Labute approximate surface area is 212 Å². The number of aromatic nitrogens is 5. The average molecular weight is 522 g/mol. The summed E-state index contributed by atoms with van der Waals surface area (Å²) in [5, 5.41) is 11.6.